The molecule has 0 aromatic rings. The third kappa shape index (κ3) is 11.9. The van der Waals surface area contributed by atoms with Crippen LogP contribution in [0.3, 0.4) is 0 Å². The standard InChI is InChI=1S/C12H23BrO2/c1-3-15-12(14)10-8-6-4-5-7-9-11(2)13/h11H,3-10H2,1-2H3. The first-order chi connectivity index (χ1) is 7.16. The van der Waals surface area contributed by atoms with Gasteiger partial charge in [0.2, 0.25) is 0 Å². The van der Waals surface area contributed by atoms with Crippen LogP contribution in [-0.4, -0.2) is 17.4 Å². The van der Waals surface area contributed by atoms with E-state index in [1.54, 1.807) is 0 Å². The number of halogens is 1. The van der Waals surface area contributed by atoms with E-state index in [2.05, 4.69) is 22.9 Å². The van der Waals surface area contributed by atoms with Gasteiger partial charge in [-0.25, -0.2) is 0 Å². The number of alkyl halides is 1. The van der Waals surface area contributed by atoms with Gasteiger partial charge >= 0.3 is 5.97 Å². The Labute approximate surface area is 102 Å². The molecule has 1 unspecified atom stereocenters. The number of hydrogen-bond donors (Lipinski definition) is 0. The fourth-order valence-electron chi connectivity index (χ4n) is 1.46. The van der Waals surface area contributed by atoms with E-state index in [4.69, 9.17) is 4.74 Å². The van der Waals surface area contributed by atoms with E-state index in [0.717, 1.165) is 12.8 Å². The average Bonchev–Trinajstić information content (AvgIpc) is 2.16. The van der Waals surface area contributed by atoms with Crippen molar-refractivity contribution in [1.82, 2.24) is 0 Å². The molecule has 0 heterocycles. The van der Waals surface area contributed by atoms with Gasteiger partial charge in [-0.3, -0.25) is 4.79 Å². The Bertz CT molecular complexity index is 158. The van der Waals surface area contributed by atoms with Crippen molar-refractivity contribution in [2.24, 2.45) is 0 Å². The Morgan fingerprint density at radius 3 is 2.40 bits per heavy atom. The van der Waals surface area contributed by atoms with Crippen LogP contribution in [0.25, 0.3) is 0 Å². The molecule has 15 heavy (non-hydrogen) atoms. The molecule has 0 saturated heterocycles. The second kappa shape index (κ2) is 10.5. The maximum absolute atomic E-state index is 11.0. The van der Waals surface area contributed by atoms with Gasteiger partial charge in [0.25, 0.3) is 0 Å². The largest absolute Gasteiger partial charge is 0.466 e. The quantitative estimate of drug-likeness (QED) is 0.361. The summed E-state index contributed by atoms with van der Waals surface area (Å²) < 4.78 is 4.86. The lowest BCUT2D eigenvalue weighted by molar-refractivity contribution is -0.143. The van der Waals surface area contributed by atoms with E-state index in [9.17, 15) is 4.79 Å². The van der Waals surface area contributed by atoms with E-state index in [1.165, 1.54) is 25.7 Å². The predicted octanol–water partition coefficient (Wildman–Crippen LogP) is 4.06. The molecular weight excluding hydrogens is 256 g/mol. The molecule has 0 N–H and O–H groups in total. The first kappa shape index (κ1) is 14.9. The summed E-state index contributed by atoms with van der Waals surface area (Å²) in [6.45, 7) is 4.53. The lowest BCUT2D eigenvalue weighted by Gasteiger charge is -2.03. The predicted molar refractivity (Wildman–Crippen MR) is 67.3 cm³/mol. The molecule has 1 atom stereocenters. The smallest absolute Gasteiger partial charge is 0.305 e. The van der Waals surface area contributed by atoms with Gasteiger partial charge in [-0.15, -0.1) is 0 Å². The van der Waals surface area contributed by atoms with Crippen molar-refractivity contribution < 1.29 is 9.53 Å². The van der Waals surface area contributed by atoms with Crippen molar-refractivity contribution in [3.05, 3.63) is 0 Å². The van der Waals surface area contributed by atoms with E-state index in [0.29, 0.717) is 17.9 Å². The van der Waals surface area contributed by atoms with Crippen molar-refractivity contribution in [2.75, 3.05) is 6.61 Å². The second-order valence-corrected chi connectivity index (χ2v) is 5.46. The van der Waals surface area contributed by atoms with E-state index in [1.807, 2.05) is 6.92 Å². The molecule has 0 aromatic carbocycles. The van der Waals surface area contributed by atoms with Crippen LogP contribution in [0.2, 0.25) is 0 Å². The molecular formula is C12H23BrO2. The SMILES string of the molecule is CCOC(=O)CCCCCCCC(C)Br. The Hall–Kier alpha value is -0.0500. The maximum Gasteiger partial charge on any atom is 0.305 e. The molecule has 3 heteroatoms. The maximum atomic E-state index is 11.0. The van der Waals surface area contributed by atoms with Crippen LogP contribution in [0.1, 0.15) is 58.8 Å². The monoisotopic (exact) mass is 278 g/mol. The minimum Gasteiger partial charge on any atom is -0.466 e. The number of ether oxygens (including phenoxy) is 1. The lowest BCUT2D eigenvalue weighted by atomic mass is 10.1. The van der Waals surface area contributed by atoms with Crippen molar-refractivity contribution in [2.45, 2.75) is 63.6 Å². The van der Waals surface area contributed by atoms with Crippen LogP contribution in [0.5, 0.6) is 0 Å². The summed E-state index contributed by atoms with van der Waals surface area (Å²) in [5.41, 5.74) is 0. The van der Waals surface area contributed by atoms with Gasteiger partial charge in [0.05, 0.1) is 6.61 Å². The van der Waals surface area contributed by atoms with Crippen LogP contribution in [0, 0.1) is 0 Å². The molecule has 90 valence electrons. The molecule has 0 amide bonds. The highest BCUT2D eigenvalue weighted by Crippen LogP contribution is 2.12. The number of hydrogen-bond acceptors (Lipinski definition) is 2. The Morgan fingerprint density at radius 2 is 1.80 bits per heavy atom. The third-order valence-electron chi connectivity index (χ3n) is 2.29. The zero-order valence-electron chi connectivity index (χ0n) is 9.93. The van der Waals surface area contributed by atoms with Gasteiger partial charge in [0.1, 0.15) is 0 Å². The minimum absolute atomic E-state index is 0.0495. The number of unbranched alkanes of at least 4 members (excludes halogenated alkanes) is 4. The van der Waals surface area contributed by atoms with Gasteiger partial charge in [0, 0.05) is 11.2 Å². The zero-order valence-corrected chi connectivity index (χ0v) is 11.5. The van der Waals surface area contributed by atoms with E-state index >= 15 is 0 Å². The van der Waals surface area contributed by atoms with Crippen molar-refractivity contribution in [3.8, 4) is 0 Å². The van der Waals surface area contributed by atoms with Crippen LogP contribution < -0.4 is 0 Å². The normalized spacial score (nSPS) is 12.5. The van der Waals surface area contributed by atoms with Gasteiger partial charge in [0.15, 0.2) is 0 Å². The van der Waals surface area contributed by atoms with Gasteiger partial charge in [-0.2, -0.15) is 0 Å². The van der Waals surface area contributed by atoms with Crippen LogP contribution >= 0.6 is 15.9 Å². The van der Waals surface area contributed by atoms with Crippen LogP contribution in [0.15, 0.2) is 0 Å². The van der Waals surface area contributed by atoms with Gasteiger partial charge in [-0.05, 0) is 19.8 Å². The lowest BCUT2D eigenvalue weighted by Crippen LogP contribution is -2.03. The molecule has 0 saturated carbocycles. The summed E-state index contributed by atoms with van der Waals surface area (Å²) in [7, 11) is 0. The molecule has 0 aromatic heterocycles. The van der Waals surface area contributed by atoms with Gasteiger partial charge in [-0.1, -0.05) is 48.5 Å². The summed E-state index contributed by atoms with van der Waals surface area (Å²) in [5.74, 6) is -0.0495. The number of esters is 1. The molecule has 0 fully saturated rings. The highest BCUT2D eigenvalue weighted by Gasteiger charge is 2.00. The van der Waals surface area contributed by atoms with Crippen LogP contribution in [-0.2, 0) is 9.53 Å². The molecule has 0 rings (SSSR count). The van der Waals surface area contributed by atoms with E-state index in [-0.39, 0.29) is 5.97 Å². The fraction of sp³-hybridized carbons (Fsp3) is 0.917. The summed E-state index contributed by atoms with van der Waals surface area (Å²) in [6, 6.07) is 0. The molecule has 0 spiro atoms. The van der Waals surface area contributed by atoms with Crippen molar-refractivity contribution in [3.63, 3.8) is 0 Å². The molecule has 0 aliphatic carbocycles. The highest BCUT2D eigenvalue weighted by atomic mass is 79.9. The Kier molecular flexibility index (Phi) is 10.4. The summed E-state index contributed by atoms with van der Waals surface area (Å²) >= 11 is 3.53. The number of carbonyl (C=O) groups excluding carboxylic acids is 1. The van der Waals surface area contributed by atoms with Gasteiger partial charge < -0.3 is 4.74 Å². The molecule has 0 bridgehead atoms. The van der Waals surface area contributed by atoms with Crippen LogP contribution in [0.4, 0.5) is 0 Å². The number of rotatable bonds is 9. The third-order valence-corrected chi connectivity index (χ3v) is 2.75. The van der Waals surface area contributed by atoms with E-state index < -0.39 is 0 Å². The second-order valence-electron chi connectivity index (χ2n) is 3.89. The topological polar surface area (TPSA) is 26.3 Å². The Balaban J connectivity index is 3.08. The molecule has 0 aliphatic heterocycles. The van der Waals surface area contributed by atoms with Crippen molar-refractivity contribution >= 4 is 21.9 Å². The summed E-state index contributed by atoms with van der Waals surface area (Å²) in [5, 5.41) is 0. The average molecular weight is 279 g/mol. The fourth-order valence-corrected chi connectivity index (χ4v) is 1.78. The number of carbonyl (C=O) groups is 1. The molecule has 2 nitrogen and oxygen atoms in total. The summed E-state index contributed by atoms with van der Waals surface area (Å²) in [4.78, 5) is 11.6. The first-order valence-corrected chi connectivity index (χ1v) is 6.88. The minimum atomic E-state index is -0.0495. The zero-order chi connectivity index (χ0) is 11.5. The highest BCUT2D eigenvalue weighted by molar-refractivity contribution is 9.09. The van der Waals surface area contributed by atoms with Crippen molar-refractivity contribution in [1.29, 1.82) is 0 Å². The molecule has 0 aliphatic rings. The first-order valence-electron chi connectivity index (χ1n) is 5.96. The Morgan fingerprint density at radius 1 is 1.20 bits per heavy atom. The molecule has 0 radical (unpaired) electrons. The summed E-state index contributed by atoms with van der Waals surface area (Å²) in [6.07, 6.45) is 7.75.